The van der Waals surface area contributed by atoms with E-state index in [4.69, 9.17) is 15.4 Å². The molecule has 0 aliphatic heterocycles. The van der Waals surface area contributed by atoms with Gasteiger partial charge in [-0.2, -0.15) is 5.10 Å². The SMILES string of the molecule is CCc1nn2nc(CC)c(Cc3ccc(-c4ccccc4-c4nnnn4C(c4ccccc4)(c4ccccc4)c4ccccc4)cc3)c2[nH]1. The Bertz CT molecular complexity index is 2220. The number of hydrogen-bond acceptors (Lipinski definition) is 5. The lowest BCUT2D eigenvalue weighted by atomic mass is 9.77. The topological polar surface area (TPSA) is 89.6 Å². The van der Waals surface area contributed by atoms with Crippen molar-refractivity contribution < 1.29 is 0 Å². The van der Waals surface area contributed by atoms with Crippen LogP contribution in [0.1, 0.15) is 53.2 Å². The van der Waals surface area contributed by atoms with E-state index in [1.807, 2.05) is 28.9 Å². The predicted molar refractivity (Wildman–Crippen MR) is 192 cm³/mol. The van der Waals surface area contributed by atoms with Crippen LogP contribution in [-0.2, 0) is 24.8 Å². The Morgan fingerprint density at radius 2 is 1.18 bits per heavy atom. The fourth-order valence-electron chi connectivity index (χ4n) is 7.01. The number of tetrazole rings is 1. The van der Waals surface area contributed by atoms with Crippen molar-refractivity contribution in [3.05, 3.63) is 179 Å². The van der Waals surface area contributed by atoms with Crippen LogP contribution in [0.5, 0.6) is 0 Å². The van der Waals surface area contributed by atoms with Crippen molar-refractivity contribution in [3.8, 4) is 22.5 Å². The second kappa shape index (κ2) is 12.8. The molecular formula is C41H36N8. The van der Waals surface area contributed by atoms with Gasteiger partial charge in [-0.15, -0.1) is 14.8 Å². The van der Waals surface area contributed by atoms with Gasteiger partial charge in [0.25, 0.3) is 0 Å². The van der Waals surface area contributed by atoms with Crippen LogP contribution in [0, 0.1) is 0 Å². The number of H-pyrrole nitrogens is 1. The highest BCUT2D eigenvalue weighted by Crippen LogP contribution is 2.43. The molecule has 0 saturated heterocycles. The summed E-state index contributed by atoms with van der Waals surface area (Å²) in [5.74, 6) is 1.62. The number of hydrogen-bond donors (Lipinski definition) is 1. The smallest absolute Gasteiger partial charge is 0.184 e. The first-order valence-corrected chi connectivity index (χ1v) is 16.8. The van der Waals surface area contributed by atoms with Crippen LogP contribution >= 0.6 is 0 Å². The number of fused-ring (bicyclic) bond motifs is 1. The molecule has 49 heavy (non-hydrogen) atoms. The zero-order valence-corrected chi connectivity index (χ0v) is 27.5. The summed E-state index contributed by atoms with van der Waals surface area (Å²) in [5, 5.41) is 23.2. The molecule has 0 radical (unpaired) electrons. The quantitative estimate of drug-likeness (QED) is 0.153. The molecular weight excluding hydrogens is 605 g/mol. The summed E-state index contributed by atoms with van der Waals surface area (Å²) in [4.78, 5) is 3.47. The molecule has 0 fully saturated rings. The van der Waals surface area contributed by atoms with Gasteiger partial charge >= 0.3 is 0 Å². The van der Waals surface area contributed by atoms with Crippen LogP contribution < -0.4 is 0 Å². The minimum atomic E-state index is -0.836. The molecule has 8 heteroatoms. The van der Waals surface area contributed by atoms with Gasteiger partial charge in [-0.1, -0.05) is 153 Å². The molecule has 5 aromatic carbocycles. The Morgan fingerprint density at radius 1 is 0.612 bits per heavy atom. The minimum absolute atomic E-state index is 0.678. The van der Waals surface area contributed by atoms with Crippen LogP contribution in [0.4, 0.5) is 0 Å². The van der Waals surface area contributed by atoms with Crippen LogP contribution in [-0.4, -0.2) is 40.0 Å². The highest BCUT2D eigenvalue weighted by Gasteiger charge is 2.42. The molecule has 0 atom stereocenters. The second-order valence-corrected chi connectivity index (χ2v) is 12.2. The van der Waals surface area contributed by atoms with E-state index in [2.05, 4.69) is 144 Å². The molecule has 0 amide bonds. The van der Waals surface area contributed by atoms with Crippen molar-refractivity contribution in [2.24, 2.45) is 0 Å². The summed E-state index contributed by atoms with van der Waals surface area (Å²) >= 11 is 0. The third-order valence-electron chi connectivity index (χ3n) is 9.37. The first-order valence-electron chi connectivity index (χ1n) is 16.8. The zero-order chi connectivity index (χ0) is 33.2. The lowest BCUT2D eigenvalue weighted by molar-refractivity contribution is 0.451. The van der Waals surface area contributed by atoms with Gasteiger partial charge < -0.3 is 4.98 Å². The predicted octanol–water partition coefficient (Wildman–Crippen LogP) is 7.93. The van der Waals surface area contributed by atoms with Gasteiger partial charge in [0.05, 0.1) is 5.69 Å². The fourth-order valence-corrected chi connectivity index (χ4v) is 7.01. The third kappa shape index (κ3) is 5.22. The van der Waals surface area contributed by atoms with Crippen LogP contribution in [0.25, 0.3) is 28.2 Å². The number of nitrogens with one attached hydrogen (secondary N) is 1. The second-order valence-electron chi connectivity index (χ2n) is 12.2. The van der Waals surface area contributed by atoms with Crippen molar-refractivity contribution >= 4 is 5.65 Å². The van der Waals surface area contributed by atoms with Crippen molar-refractivity contribution in [1.29, 1.82) is 0 Å². The van der Waals surface area contributed by atoms with Crippen LogP contribution in [0.3, 0.4) is 0 Å². The van der Waals surface area contributed by atoms with E-state index in [0.29, 0.717) is 5.82 Å². The summed E-state index contributed by atoms with van der Waals surface area (Å²) < 4.78 is 3.74. The molecule has 3 heterocycles. The maximum absolute atomic E-state index is 4.77. The average Bonchev–Trinajstić information content (AvgIpc) is 3.90. The number of nitrogens with zero attached hydrogens (tertiary/aromatic N) is 7. The Hall–Kier alpha value is -6.15. The number of aryl methyl sites for hydroxylation is 2. The molecule has 1 N–H and O–H groups in total. The van der Waals surface area contributed by atoms with Crippen molar-refractivity contribution in [2.45, 2.75) is 38.6 Å². The van der Waals surface area contributed by atoms with Gasteiger partial charge in [0.15, 0.2) is 11.5 Å². The summed E-state index contributed by atoms with van der Waals surface area (Å²) in [6.45, 7) is 4.24. The van der Waals surface area contributed by atoms with Crippen molar-refractivity contribution in [2.75, 3.05) is 0 Å². The Morgan fingerprint density at radius 3 is 1.76 bits per heavy atom. The lowest BCUT2D eigenvalue weighted by Crippen LogP contribution is -2.39. The maximum Gasteiger partial charge on any atom is 0.184 e. The third-order valence-corrected chi connectivity index (χ3v) is 9.37. The van der Waals surface area contributed by atoms with Gasteiger partial charge in [-0.3, -0.25) is 0 Å². The van der Waals surface area contributed by atoms with Crippen molar-refractivity contribution in [1.82, 2.24) is 40.0 Å². The lowest BCUT2D eigenvalue weighted by Gasteiger charge is -2.36. The summed E-state index contributed by atoms with van der Waals surface area (Å²) in [6.07, 6.45) is 2.46. The molecule has 0 aliphatic carbocycles. The largest absolute Gasteiger partial charge is 0.325 e. The molecule has 0 unspecified atom stereocenters. The first kappa shape index (κ1) is 30.2. The van der Waals surface area contributed by atoms with E-state index < -0.39 is 5.54 Å². The monoisotopic (exact) mass is 640 g/mol. The molecule has 8 nitrogen and oxygen atoms in total. The zero-order valence-electron chi connectivity index (χ0n) is 27.5. The molecule has 0 aliphatic rings. The van der Waals surface area contributed by atoms with Crippen LogP contribution in [0.15, 0.2) is 140 Å². The van der Waals surface area contributed by atoms with Gasteiger partial charge in [0.2, 0.25) is 0 Å². The molecule has 0 saturated carbocycles. The van der Waals surface area contributed by atoms with Gasteiger partial charge in [0, 0.05) is 24.0 Å². The summed E-state index contributed by atoms with van der Waals surface area (Å²) in [6, 6.07) is 48.7. The van der Waals surface area contributed by atoms with E-state index in [1.165, 1.54) is 11.1 Å². The summed E-state index contributed by atoms with van der Waals surface area (Å²) in [5.41, 5.74) is 9.89. The van der Waals surface area contributed by atoms with E-state index in [-0.39, 0.29) is 0 Å². The summed E-state index contributed by atoms with van der Waals surface area (Å²) in [7, 11) is 0. The van der Waals surface area contributed by atoms with E-state index in [9.17, 15) is 0 Å². The molecule has 8 rings (SSSR count). The number of aromatic amines is 1. The molecule has 8 aromatic rings. The Labute approximate surface area is 285 Å². The minimum Gasteiger partial charge on any atom is -0.325 e. The van der Waals surface area contributed by atoms with E-state index >= 15 is 0 Å². The molecule has 0 bridgehead atoms. The van der Waals surface area contributed by atoms with Crippen molar-refractivity contribution in [3.63, 3.8) is 0 Å². The number of aromatic nitrogens is 8. The number of rotatable bonds is 10. The standard InChI is InChI=1S/C41H36N8/c1-3-37-36(39-42-38(4-2)45-49(39)44-37)28-29-24-26-30(27-25-29)34-22-14-15-23-35(34)40-43-46-47-48(40)41(31-16-8-5-9-17-31,32-18-10-6-11-19-32)33-20-12-7-13-21-33/h5-27H,3-4,28H2,1-2H3,(H,42,45). The number of benzene rings is 5. The van der Waals surface area contributed by atoms with Gasteiger partial charge in [-0.05, 0) is 50.2 Å². The normalized spacial score (nSPS) is 11.7. The molecule has 3 aromatic heterocycles. The molecule has 240 valence electrons. The van der Waals surface area contributed by atoms with Crippen LogP contribution in [0.2, 0.25) is 0 Å². The van der Waals surface area contributed by atoms with E-state index in [1.54, 1.807) is 4.63 Å². The fraction of sp³-hybridized carbons (Fsp3) is 0.146. The Kier molecular flexibility index (Phi) is 7.89. The van der Waals surface area contributed by atoms with Gasteiger partial charge in [0.1, 0.15) is 11.4 Å². The highest BCUT2D eigenvalue weighted by molar-refractivity contribution is 5.81. The maximum atomic E-state index is 4.77. The first-order chi connectivity index (χ1) is 24.2. The average molecular weight is 641 g/mol. The molecule has 0 spiro atoms. The highest BCUT2D eigenvalue weighted by atomic mass is 15.6. The Balaban J connectivity index is 1.24. The van der Waals surface area contributed by atoms with Gasteiger partial charge in [-0.25, -0.2) is 4.68 Å². The van der Waals surface area contributed by atoms with E-state index in [0.717, 1.165) is 69.8 Å².